The van der Waals surface area contributed by atoms with Gasteiger partial charge in [0.1, 0.15) is 18.1 Å². The van der Waals surface area contributed by atoms with Crippen LogP contribution in [-0.2, 0) is 34.2 Å². The summed E-state index contributed by atoms with van der Waals surface area (Å²) in [5.74, 6) is -3.47. The smallest absolute Gasteiger partial charge is 0.292 e. The van der Waals surface area contributed by atoms with E-state index in [4.69, 9.17) is 20.9 Å². The fourth-order valence-electron chi connectivity index (χ4n) is 2.24. The van der Waals surface area contributed by atoms with Gasteiger partial charge in [0.2, 0.25) is 5.94 Å². The summed E-state index contributed by atoms with van der Waals surface area (Å²) in [5.41, 5.74) is 10.4. The minimum absolute atomic E-state index is 0.0495. The van der Waals surface area contributed by atoms with Crippen molar-refractivity contribution in [3.8, 4) is 0 Å². The molecule has 2 heterocycles. The molecule has 16 heteroatoms. The van der Waals surface area contributed by atoms with E-state index in [2.05, 4.69) is 15.0 Å². The molecular weight excluding hydrogens is 420 g/mol. The third kappa shape index (κ3) is 5.12. The molecule has 2 rings (SSSR count). The molecule has 1 aromatic heterocycles. The number of hydrogen-bond donors (Lipinski definition) is 3. The third-order valence-electron chi connectivity index (χ3n) is 3.35. The number of aromatic nitrogens is 1. The molecule has 14 nitrogen and oxygen atoms in total. The van der Waals surface area contributed by atoms with Crippen LogP contribution in [0.5, 0.6) is 0 Å². The molecule has 0 bridgehead atoms. The monoisotopic (exact) mass is 436 g/mol. The van der Waals surface area contributed by atoms with Crippen LogP contribution in [0.15, 0.2) is 10.5 Å². The van der Waals surface area contributed by atoms with Crippen LogP contribution in [0.25, 0.3) is 0 Å². The zero-order chi connectivity index (χ0) is 21.1. The summed E-state index contributed by atoms with van der Waals surface area (Å²) in [7, 11) is -4.47. The number of carbonyl (C=O) groups excluding carboxylic acids is 3. The number of amides is 3. The van der Waals surface area contributed by atoms with Crippen molar-refractivity contribution in [1.82, 2.24) is 10.0 Å². The molecule has 154 valence electrons. The van der Waals surface area contributed by atoms with Crippen molar-refractivity contribution in [2.24, 2.45) is 10.9 Å². The number of oxime groups is 1. The van der Waals surface area contributed by atoms with Crippen LogP contribution in [0.2, 0.25) is 0 Å². The minimum Gasteiger partial charge on any atom is -0.386 e. The highest BCUT2D eigenvalue weighted by molar-refractivity contribution is 7.85. The Morgan fingerprint density at radius 3 is 2.71 bits per heavy atom. The first kappa shape index (κ1) is 21.5. The lowest BCUT2D eigenvalue weighted by atomic mass is 9.98. The zero-order valence-electron chi connectivity index (χ0n) is 14.3. The van der Waals surface area contributed by atoms with Crippen LogP contribution in [0.3, 0.4) is 0 Å². The SMILES string of the molecule is C[C@H]1[C@H](N(C(=O)C=NOCC(N)=O)c2csc(N)n2)C(=O)N1OCS(=O)(=O)O. The highest BCUT2D eigenvalue weighted by Crippen LogP contribution is 2.31. The summed E-state index contributed by atoms with van der Waals surface area (Å²) < 4.78 is 30.3. The van der Waals surface area contributed by atoms with Crippen LogP contribution >= 0.6 is 11.3 Å². The molecule has 5 N–H and O–H groups in total. The van der Waals surface area contributed by atoms with E-state index in [1.165, 1.54) is 12.3 Å². The van der Waals surface area contributed by atoms with Crippen molar-refractivity contribution < 1.29 is 37.0 Å². The van der Waals surface area contributed by atoms with E-state index >= 15 is 0 Å². The molecule has 3 amide bonds. The van der Waals surface area contributed by atoms with Gasteiger partial charge in [0, 0.05) is 5.38 Å². The van der Waals surface area contributed by atoms with E-state index in [1.807, 2.05) is 0 Å². The topological polar surface area (TPSA) is 208 Å². The zero-order valence-corrected chi connectivity index (χ0v) is 15.9. The molecule has 0 radical (unpaired) electrons. The van der Waals surface area contributed by atoms with Gasteiger partial charge in [-0.15, -0.1) is 11.3 Å². The molecule has 1 aliphatic heterocycles. The molecule has 1 aromatic rings. The van der Waals surface area contributed by atoms with E-state index in [1.54, 1.807) is 0 Å². The van der Waals surface area contributed by atoms with Gasteiger partial charge in [-0.1, -0.05) is 5.16 Å². The second-order valence-electron chi connectivity index (χ2n) is 5.40. The summed E-state index contributed by atoms with van der Waals surface area (Å²) in [4.78, 5) is 49.7. The maximum atomic E-state index is 12.5. The predicted octanol–water partition coefficient (Wildman–Crippen LogP) is -2.08. The van der Waals surface area contributed by atoms with Gasteiger partial charge < -0.3 is 16.3 Å². The molecule has 0 saturated carbocycles. The van der Waals surface area contributed by atoms with Crippen LogP contribution in [-0.4, -0.2) is 71.6 Å². The molecule has 0 aliphatic carbocycles. The van der Waals surface area contributed by atoms with E-state index in [9.17, 15) is 22.8 Å². The number of primary amides is 1. The quantitative estimate of drug-likeness (QED) is 0.166. The molecule has 2 atom stereocenters. The van der Waals surface area contributed by atoms with Crippen molar-refractivity contribution in [2.45, 2.75) is 19.0 Å². The molecule has 0 unspecified atom stereocenters. The molecular formula is C12H16N6O8S2. The standard InChI is InChI=1S/C12H16N6O8S2/c1-6-10(11(21)18(6)26-5-28(22,23)24)17(8-4-27-12(14)16-8)9(20)2-15-25-3-7(13)19/h2,4,6,10H,3,5H2,1H3,(H2,13,19)(H2,14,16)(H,22,23,24)/t6-,10-/m0/s1. The Labute approximate surface area is 162 Å². The van der Waals surface area contributed by atoms with E-state index < -0.39 is 52.5 Å². The van der Waals surface area contributed by atoms with Crippen LogP contribution < -0.4 is 16.4 Å². The summed E-state index contributed by atoms with van der Waals surface area (Å²) in [6.45, 7) is 0.927. The number of hydroxylamine groups is 2. The number of carbonyl (C=O) groups is 3. The Bertz CT molecular complexity index is 900. The normalized spacial score (nSPS) is 19.5. The Balaban J connectivity index is 2.18. The summed E-state index contributed by atoms with van der Waals surface area (Å²) in [5, 5.41) is 5.56. The third-order valence-corrected chi connectivity index (χ3v) is 4.42. The summed E-state index contributed by atoms with van der Waals surface area (Å²) in [6, 6.07) is -1.90. The van der Waals surface area contributed by atoms with Gasteiger partial charge in [0.15, 0.2) is 11.7 Å². The van der Waals surface area contributed by atoms with Gasteiger partial charge in [-0.2, -0.15) is 8.42 Å². The lowest BCUT2D eigenvalue weighted by molar-refractivity contribution is -0.222. The molecule has 0 aromatic carbocycles. The van der Waals surface area contributed by atoms with Crippen molar-refractivity contribution in [2.75, 3.05) is 23.2 Å². The highest BCUT2D eigenvalue weighted by Gasteiger charge is 2.52. The van der Waals surface area contributed by atoms with Crippen molar-refractivity contribution in [3.63, 3.8) is 0 Å². The maximum absolute atomic E-state index is 12.5. The number of anilines is 2. The Hall–Kier alpha value is -2.82. The van der Waals surface area contributed by atoms with E-state index in [0.29, 0.717) is 11.3 Å². The first-order valence-electron chi connectivity index (χ1n) is 7.40. The molecule has 0 spiro atoms. The number of β-lactam (4-membered cyclic amide) rings is 1. The van der Waals surface area contributed by atoms with Gasteiger partial charge in [0.05, 0.1) is 6.04 Å². The van der Waals surface area contributed by atoms with Crippen LogP contribution in [0, 0.1) is 0 Å². The Morgan fingerprint density at radius 2 is 2.21 bits per heavy atom. The predicted molar refractivity (Wildman–Crippen MR) is 95.2 cm³/mol. The Morgan fingerprint density at radius 1 is 1.54 bits per heavy atom. The number of thiazole rings is 1. The molecule has 1 aliphatic rings. The number of nitrogens with two attached hydrogens (primary N) is 2. The number of nitrogen functional groups attached to an aromatic ring is 1. The fourth-order valence-corrected chi connectivity index (χ4v) is 3.03. The first-order chi connectivity index (χ1) is 13.0. The second-order valence-corrected chi connectivity index (χ2v) is 7.69. The summed E-state index contributed by atoms with van der Waals surface area (Å²) in [6.07, 6.45) is 0.709. The Kier molecular flexibility index (Phi) is 6.49. The number of rotatable bonds is 9. The van der Waals surface area contributed by atoms with E-state index in [0.717, 1.165) is 16.2 Å². The average Bonchev–Trinajstić information content (AvgIpc) is 3.01. The lowest BCUT2D eigenvalue weighted by Gasteiger charge is -2.47. The van der Waals surface area contributed by atoms with Gasteiger partial charge in [-0.05, 0) is 6.92 Å². The largest absolute Gasteiger partial charge is 0.386 e. The second kappa shape index (κ2) is 8.46. The van der Waals surface area contributed by atoms with Gasteiger partial charge in [0.25, 0.3) is 27.8 Å². The average molecular weight is 436 g/mol. The number of nitrogens with zero attached hydrogens (tertiary/aromatic N) is 4. The maximum Gasteiger partial charge on any atom is 0.292 e. The number of hydrogen-bond acceptors (Lipinski definition) is 11. The van der Waals surface area contributed by atoms with Crippen molar-refractivity contribution in [3.05, 3.63) is 5.38 Å². The van der Waals surface area contributed by atoms with Crippen LogP contribution in [0.4, 0.5) is 10.9 Å². The first-order valence-corrected chi connectivity index (χ1v) is 9.89. The minimum atomic E-state index is -4.47. The molecule has 1 saturated heterocycles. The van der Waals surface area contributed by atoms with E-state index in [-0.39, 0.29) is 10.9 Å². The van der Waals surface area contributed by atoms with Crippen LogP contribution in [0.1, 0.15) is 6.92 Å². The lowest BCUT2D eigenvalue weighted by Crippen LogP contribution is -2.70. The van der Waals surface area contributed by atoms with Gasteiger partial charge in [-0.25, -0.2) is 10.0 Å². The molecule has 1 fully saturated rings. The van der Waals surface area contributed by atoms with Crippen molar-refractivity contribution in [1.29, 1.82) is 0 Å². The van der Waals surface area contributed by atoms with Crippen molar-refractivity contribution >= 4 is 56.3 Å². The van der Waals surface area contributed by atoms with Gasteiger partial charge >= 0.3 is 0 Å². The highest BCUT2D eigenvalue weighted by atomic mass is 32.2. The molecule has 28 heavy (non-hydrogen) atoms. The summed E-state index contributed by atoms with van der Waals surface area (Å²) >= 11 is 1.02. The fraction of sp³-hybridized carbons (Fsp3) is 0.417. The van der Waals surface area contributed by atoms with Gasteiger partial charge in [-0.3, -0.25) is 28.7 Å².